The molecule has 18 heavy (non-hydrogen) atoms. The molecule has 2 rings (SSSR count). The van der Waals surface area contributed by atoms with Gasteiger partial charge in [0.15, 0.2) is 11.5 Å². The Morgan fingerprint density at radius 1 is 1.00 bits per heavy atom. The lowest BCUT2D eigenvalue weighted by atomic mass is 9.97. The zero-order chi connectivity index (χ0) is 13.0. The molecule has 1 fully saturated rings. The number of nitrogens with one attached hydrogen (secondary N) is 1. The Hall–Kier alpha value is -1.42. The van der Waals surface area contributed by atoms with E-state index in [2.05, 4.69) is 5.32 Å². The van der Waals surface area contributed by atoms with Gasteiger partial charge in [-0.05, 0) is 37.1 Å². The van der Waals surface area contributed by atoms with E-state index in [0.29, 0.717) is 11.8 Å². The van der Waals surface area contributed by atoms with Gasteiger partial charge in [0, 0.05) is 6.04 Å². The number of rotatable bonds is 4. The van der Waals surface area contributed by atoms with Crippen LogP contribution >= 0.6 is 0 Å². The molecule has 1 heterocycles. The van der Waals surface area contributed by atoms with Crippen molar-refractivity contribution in [2.24, 2.45) is 0 Å². The first-order valence-electron chi connectivity index (χ1n) is 6.33. The first kappa shape index (κ1) is 13.0. The second kappa shape index (κ2) is 5.96. The summed E-state index contributed by atoms with van der Waals surface area (Å²) in [5.41, 5.74) is 1.20. The highest BCUT2D eigenvalue weighted by molar-refractivity contribution is 5.54. The lowest BCUT2D eigenvalue weighted by Crippen LogP contribution is -2.26. The van der Waals surface area contributed by atoms with Crippen LogP contribution < -0.4 is 19.5 Å². The van der Waals surface area contributed by atoms with Crippen molar-refractivity contribution in [3.8, 4) is 17.2 Å². The van der Waals surface area contributed by atoms with Gasteiger partial charge in [0.1, 0.15) is 0 Å². The summed E-state index contributed by atoms with van der Waals surface area (Å²) < 4.78 is 16.1. The fourth-order valence-corrected chi connectivity index (χ4v) is 2.44. The maximum absolute atomic E-state index is 5.38. The van der Waals surface area contributed by atoms with Crippen LogP contribution in [0.1, 0.15) is 30.9 Å². The predicted octanol–water partition coefficient (Wildman–Crippen LogP) is 2.53. The molecule has 0 amide bonds. The minimum Gasteiger partial charge on any atom is -0.493 e. The summed E-state index contributed by atoms with van der Waals surface area (Å²) in [4.78, 5) is 0. The lowest BCUT2D eigenvalue weighted by molar-refractivity contribution is 0.321. The monoisotopic (exact) mass is 251 g/mol. The van der Waals surface area contributed by atoms with E-state index in [9.17, 15) is 0 Å². The van der Waals surface area contributed by atoms with Crippen LogP contribution in [0.15, 0.2) is 12.1 Å². The van der Waals surface area contributed by atoms with Crippen LogP contribution in [-0.2, 0) is 0 Å². The van der Waals surface area contributed by atoms with E-state index in [1.54, 1.807) is 21.3 Å². The number of benzene rings is 1. The molecule has 1 unspecified atom stereocenters. The molecule has 1 aliphatic rings. The van der Waals surface area contributed by atoms with Crippen molar-refractivity contribution in [1.82, 2.24) is 5.32 Å². The second-order valence-electron chi connectivity index (χ2n) is 4.46. The molecule has 1 saturated heterocycles. The number of methoxy groups -OCH3 is 3. The van der Waals surface area contributed by atoms with Crippen molar-refractivity contribution in [1.29, 1.82) is 0 Å². The molecule has 1 atom stereocenters. The number of hydrogen-bond donors (Lipinski definition) is 1. The van der Waals surface area contributed by atoms with Crippen LogP contribution in [-0.4, -0.2) is 27.9 Å². The quantitative estimate of drug-likeness (QED) is 0.892. The van der Waals surface area contributed by atoms with Crippen LogP contribution in [0.3, 0.4) is 0 Å². The summed E-state index contributed by atoms with van der Waals surface area (Å²) in [6.45, 7) is 1.07. The SMILES string of the molecule is COc1cc(C2CCCCN2)cc(OC)c1OC. The molecule has 0 saturated carbocycles. The Kier molecular flexibility index (Phi) is 4.31. The Morgan fingerprint density at radius 3 is 2.11 bits per heavy atom. The van der Waals surface area contributed by atoms with Gasteiger partial charge in [0.05, 0.1) is 21.3 Å². The van der Waals surface area contributed by atoms with Gasteiger partial charge in [0.25, 0.3) is 0 Å². The van der Waals surface area contributed by atoms with Gasteiger partial charge < -0.3 is 19.5 Å². The van der Waals surface area contributed by atoms with Crippen LogP contribution in [0.4, 0.5) is 0 Å². The number of piperidine rings is 1. The summed E-state index contributed by atoms with van der Waals surface area (Å²) in [6.07, 6.45) is 3.66. The Labute approximate surface area is 108 Å². The summed E-state index contributed by atoms with van der Waals surface area (Å²) >= 11 is 0. The molecule has 100 valence electrons. The van der Waals surface area contributed by atoms with E-state index in [4.69, 9.17) is 14.2 Å². The smallest absolute Gasteiger partial charge is 0.203 e. The Morgan fingerprint density at radius 2 is 1.67 bits per heavy atom. The average Bonchev–Trinajstić information content (AvgIpc) is 2.46. The molecular weight excluding hydrogens is 230 g/mol. The van der Waals surface area contributed by atoms with Crippen LogP contribution in [0, 0.1) is 0 Å². The molecule has 4 nitrogen and oxygen atoms in total. The largest absolute Gasteiger partial charge is 0.493 e. The highest BCUT2D eigenvalue weighted by Gasteiger charge is 2.20. The fraction of sp³-hybridized carbons (Fsp3) is 0.571. The van der Waals surface area contributed by atoms with Crippen LogP contribution in [0.25, 0.3) is 0 Å². The van der Waals surface area contributed by atoms with Crippen LogP contribution in [0.5, 0.6) is 17.2 Å². The Bertz CT molecular complexity index is 375. The molecule has 0 aliphatic carbocycles. The van der Waals surface area contributed by atoms with E-state index in [0.717, 1.165) is 24.5 Å². The van der Waals surface area contributed by atoms with E-state index < -0.39 is 0 Å². The first-order valence-corrected chi connectivity index (χ1v) is 6.33. The molecule has 4 heteroatoms. The molecule has 0 bridgehead atoms. The molecule has 0 aromatic heterocycles. The molecule has 1 aliphatic heterocycles. The first-order chi connectivity index (χ1) is 8.80. The van der Waals surface area contributed by atoms with Crippen molar-refractivity contribution < 1.29 is 14.2 Å². The average molecular weight is 251 g/mol. The maximum Gasteiger partial charge on any atom is 0.203 e. The van der Waals surface area contributed by atoms with Crippen molar-refractivity contribution >= 4 is 0 Å². The molecule has 1 N–H and O–H groups in total. The van der Waals surface area contributed by atoms with E-state index >= 15 is 0 Å². The zero-order valence-corrected chi connectivity index (χ0v) is 11.3. The predicted molar refractivity (Wildman–Crippen MR) is 70.7 cm³/mol. The second-order valence-corrected chi connectivity index (χ2v) is 4.46. The van der Waals surface area contributed by atoms with E-state index in [1.807, 2.05) is 12.1 Å². The van der Waals surface area contributed by atoms with Gasteiger partial charge in [-0.3, -0.25) is 0 Å². The van der Waals surface area contributed by atoms with Crippen molar-refractivity contribution in [3.05, 3.63) is 17.7 Å². The van der Waals surface area contributed by atoms with Crippen molar-refractivity contribution in [2.75, 3.05) is 27.9 Å². The third kappa shape index (κ3) is 2.53. The minimum atomic E-state index is 0.382. The van der Waals surface area contributed by atoms with Gasteiger partial charge in [-0.2, -0.15) is 0 Å². The fourth-order valence-electron chi connectivity index (χ4n) is 2.44. The minimum absolute atomic E-state index is 0.382. The van der Waals surface area contributed by atoms with Gasteiger partial charge in [-0.15, -0.1) is 0 Å². The number of hydrogen-bond acceptors (Lipinski definition) is 4. The summed E-state index contributed by atoms with van der Waals surface area (Å²) in [5.74, 6) is 2.10. The Balaban J connectivity index is 2.35. The third-order valence-corrected chi connectivity index (χ3v) is 3.40. The third-order valence-electron chi connectivity index (χ3n) is 3.40. The normalized spacial score (nSPS) is 19.4. The molecule has 0 spiro atoms. The van der Waals surface area contributed by atoms with Gasteiger partial charge in [-0.1, -0.05) is 6.42 Å². The van der Waals surface area contributed by atoms with E-state index in [1.165, 1.54) is 18.4 Å². The maximum atomic E-state index is 5.38. The lowest BCUT2D eigenvalue weighted by Gasteiger charge is -2.25. The van der Waals surface area contributed by atoms with E-state index in [-0.39, 0.29) is 0 Å². The molecule has 1 aromatic carbocycles. The standard InChI is InChI=1S/C14H21NO3/c1-16-12-8-10(11-6-4-5-7-15-11)9-13(17-2)14(12)18-3/h8-9,11,15H,4-7H2,1-3H3. The van der Waals surface area contributed by atoms with Crippen molar-refractivity contribution in [3.63, 3.8) is 0 Å². The topological polar surface area (TPSA) is 39.7 Å². The van der Waals surface area contributed by atoms with Crippen LogP contribution in [0.2, 0.25) is 0 Å². The summed E-state index contributed by atoms with van der Waals surface area (Å²) in [5, 5.41) is 3.52. The van der Waals surface area contributed by atoms with Gasteiger partial charge in [0.2, 0.25) is 5.75 Å². The molecular formula is C14H21NO3. The van der Waals surface area contributed by atoms with Gasteiger partial charge >= 0.3 is 0 Å². The molecule has 0 radical (unpaired) electrons. The number of ether oxygens (including phenoxy) is 3. The molecule has 1 aromatic rings. The zero-order valence-electron chi connectivity index (χ0n) is 11.3. The summed E-state index contributed by atoms with van der Waals surface area (Å²) in [7, 11) is 4.92. The van der Waals surface area contributed by atoms with Gasteiger partial charge in [-0.25, -0.2) is 0 Å². The summed E-state index contributed by atoms with van der Waals surface area (Å²) in [6, 6.07) is 4.45. The van der Waals surface area contributed by atoms with Crippen molar-refractivity contribution in [2.45, 2.75) is 25.3 Å². The highest BCUT2D eigenvalue weighted by Crippen LogP contribution is 2.40. The highest BCUT2D eigenvalue weighted by atomic mass is 16.5.